The number of hydrogen-bond donors (Lipinski definition) is 1. The molecule has 9 atom stereocenters. The number of fused-ring (bicyclic) bond motifs is 1. The maximum Gasteiger partial charge on any atom is 0.411 e. The standard InChI is InChI=1S/C33H49BN6O6S/c1-9-25-33(7)28(40(31(43)46-33)16-11-10-15-39-19-24(37-38-39)29-36-14-17-47-29)23(5)35-13-12-20(2)18-32(6,44-8)27(34)21(3)26(41)22(4)30(42)45-25/h10-11,14,17,19-23,25,27-28,35H,9,12-13,15-16,18H2,1-8H3/b11-10+/t20-,21+,22-,23+,25-,27-,28-,32-,33-/m1/s1. The van der Waals surface area contributed by atoms with Gasteiger partial charge in [-0.25, -0.2) is 14.5 Å². The third kappa shape index (κ3) is 7.97. The fourth-order valence-corrected chi connectivity index (χ4v) is 7.62. The van der Waals surface area contributed by atoms with Gasteiger partial charge in [0.1, 0.15) is 28.5 Å². The van der Waals surface area contributed by atoms with Crippen LogP contribution in [0.3, 0.4) is 0 Å². The van der Waals surface area contributed by atoms with Crippen molar-refractivity contribution in [1.82, 2.24) is 30.2 Å². The number of nitrogens with one attached hydrogen (secondary N) is 1. The zero-order valence-corrected chi connectivity index (χ0v) is 29.7. The van der Waals surface area contributed by atoms with Crippen molar-refractivity contribution in [2.75, 3.05) is 20.2 Å². The van der Waals surface area contributed by atoms with Crippen molar-refractivity contribution in [3.8, 4) is 10.7 Å². The number of ketones is 1. The van der Waals surface area contributed by atoms with Gasteiger partial charge in [-0.15, -0.1) is 16.4 Å². The molecular formula is C33H49BN6O6S. The van der Waals surface area contributed by atoms with Crippen LogP contribution in [0, 0.1) is 17.8 Å². The van der Waals surface area contributed by atoms with Gasteiger partial charge in [-0.3, -0.25) is 14.5 Å². The number of cyclic esters (lactones) is 1. The number of aromatic nitrogens is 4. The lowest BCUT2D eigenvalue weighted by Crippen LogP contribution is -2.60. The highest BCUT2D eigenvalue weighted by atomic mass is 32.1. The molecule has 2 saturated heterocycles. The molecule has 2 aliphatic rings. The molecule has 2 aromatic rings. The van der Waals surface area contributed by atoms with Crippen LogP contribution in [0.25, 0.3) is 10.7 Å². The molecule has 2 aliphatic heterocycles. The Morgan fingerprint density at radius 2 is 1.89 bits per heavy atom. The van der Waals surface area contributed by atoms with Crippen molar-refractivity contribution in [2.24, 2.45) is 17.8 Å². The molecule has 0 bridgehead atoms. The van der Waals surface area contributed by atoms with E-state index >= 15 is 0 Å². The Morgan fingerprint density at radius 1 is 1.17 bits per heavy atom. The predicted octanol–water partition coefficient (Wildman–Crippen LogP) is 4.47. The number of hydrogen-bond acceptors (Lipinski definition) is 11. The van der Waals surface area contributed by atoms with E-state index in [0.717, 1.165) is 11.4 Å². The van der Waals surface area contributed by atoms with E-state index in [1.54, 1.807) is 36.7 Å². The van der Waals surface area contributed by atoms with Gasteiger partial charge in [-0.1, -0.05) is 38.1 Å². The molecule has 2 fully saturated rings. The molecule has 12 nitrogen and oxygen atoms in total. The van der Waals surface area contributed by atoms with E-state index in [1.807, 2.05) is 51.4 Å². The summed E-state index contributed by atoms with van der Waals surface area (Å²) in [5.74, 6) is -3.08. The number of methoxy groups -OCH3 is 1. The molecule has 0 unspecified atom stereocenters. The molecule has 256 valence electrons. The van der Waals surface area contributed by atoms with E-state index in [0.29, 0.717) is 31.6 Å². The Balaban J connectivity index is 1.58. The molecule has 14 heteroatoms. The average Bonchev–Trinajstić information content (AvgIpc) is 3.79. The number of carbonyl (C=O) groups excluding carboxylic acids is 3. The first-order chi connectivity index (χ1) is 22.3. The van der Waals surface area contributed by atoms with E-state index in [2.05, 4.69) is 27.5 Å². The molecule has 47 heavy (non-hydrogen) atoms. The SMILES string of the molecule is [B][C@@H]1[C@@H](C)C(=O)[C@@H](C)C(=O)O[C@H](CC)[C@@]2(C)OC(=O)N(C/C=C/Cn3cc(-c4nccs4)nn3)[C@@H]2[C@H](C)NCC[C@@H](C)C[C@@]1(C)OC. The zero-order valence-electron chi connectivity index (χ0n) is 28.8. The summed E-state index contributed by atoms with van der Waals surface area (Å²) in [7, 11) is 8.25. The molecule has 2 aromatic heterocycles. The van der Waals surface area contributed by atoms with E-state index in [-0.39, 0.29) is 24.3 Å². The lowest BCUT2D eigenvalue weighted by Gasteiger charge is -2.42. The Labute approximate surface area is 283 Å². The third-order valence-corrected chi connectivity index (χ3v) is 10.8. The number of rotatable bonds is 7. The summed E-state index contributed by atoms with van der Waals surface area (Å²) in [4.78, 5) is 46.5. The molecule has 0 saturated carbocycles. The molecule has 0 spiro atoms. The highest BCUT2D eigenvalue weighted by Gasteiger charge is 2.58. The first kappa shape index (κ1) is 36.7. The Kier molecular flexibility index (Phi) is 12.1. The second-order valence-corrected chi connectivity index (χ2v) is 14.3. The first-order valence-electron chi connectivity index (χ1n) is 16.5. The topological polar surface area (TPSA) is 138 Å². The fourth-order valence-electron chi connectivity index (χ4n) is 7.03. The first-order valence-corrected chi connectivity index (χ1v) is 17.4. The Hall–Kier alpha value is -3.10. The molecule has 4 heterocycles. The van der Waals surface area contributed by atoms with E-state index in [4.69, 9.17) is 22.1 Å². The van der Waals surface area contributed by atoms with Crippen molar-refractivity contribution >= 4 is 37.0 Å². The molecule has 4 rings (SSSR count). The second kappa shape index (κ2) is 15.4. The average molecular weight is 669 g/mol. The summed E-state index contributed by atoms with van der Waals surface area (Å²) < 4.78 is 19.7. The number of nitrogens with zero attached hydrogens (tertiary/aromatic N) is 5. The molecule has 0 aliphatic carbocycles. The highest BCUT2D eigenvalue weighted by Crippen LogP contribution is 2.40. The summed E-state index contributed by atoms with van der Waals surface area (Å²) in [6.45, 7) is 14.5. The van der Waals surface area contributed by atoms with Crippen LogP contribution in [0.1, 0.15) is 67.7 Å². The van der Waals surface area contributed by atoms with Gasteiger partial charge in [0.15, 0.2) is 5.60 Å². The van der Waals surface area contributed by atoms with Crippen LogP contribution in [0.5, 0.6) is 0 Å². The quantitative estimate of drug-likeness (QED) is 0.195. The number of carbonyl (C=O) groups is 3. The minimum atomic E-state index is -1.18. The van der Waals surface area contributed by atoms with Gasteiger partial charge in [0, 0.05) is 37.2 Å². The van der Waals surface area contributed by atoms with E-state index < -0.39 is 53.1 Å². The van der Waals surface area contributed by atoms with Crippen molar-refractivity contribution in [1.29, 1.82) is 0 Å². The Bertz CT molecular complexity index is 1410. The molecule has 1 N–H and O–H groups in total. The van der Waals surface area contributed by atoms with Crippen LogP contribution in [0.15, 0.2) is 29.9 Å². The second-order valence-electron chi connectivity index (χ2n) is 13.4. The van der Waals surface area contributed by atoms with Gasteiger partial charge < -0.3 is 19.5 Å². The largest absolute Gasteiger partial charge is 0.458 e. The zero-order chi connectivity index (χ0) is 34.5. The van der Waals surface area contributed by atoms with Gasteiger partial charge in [-0.05, 0) is 65.2 Å². The number of ether oxygens (including phenoxy) is 3. The smallest absolute Gasteiger partial charge is 0.411 e. The van der Waals surface area contributed by atoms with Crippen LogP contribution in [-0.4, -0.2) is 100 Å². The van der Waals surface area contributed by atoms with Crippen LogP contribution >= 0.6 is 11.3 Å². The number of allylic oxidation sites excluding steroid dienone is 1. The van der Waals surface area contributed by atoms with Gasteiger partial charge in [0.25, 0.3) is 0 Å². The normalized spacial score (nSPS) is 34.8. The van der Waals surface area contributed by atoms with Gasteiger partial charge in [-0.2, -0.15) is 0 Å². The summed E-state index contributed by atoms with van der Waals surface area (Å²) in [6.07, 6.45) is 7.91. The minimum Gasteiger partial charge on any atom is -0.458 e. The van der Waals surface area contributed by atoms with Crippen LogP contribution in [0.2, 0.25) is 5.82 Å². The lowest BCUT2D eigenvalue weighted by molar-refractivity contribution is -0.170. The predicted molar refractivity (Wildman–Crippen MR) is 180 cm³/mol. The molecule has 2 radical (unpaired) electrons. The number of esters is 1. The fraction of sp³-hybridized carbons (Fsp3) is 0.697. The summed E-state index contributed by atoms with van der Waals surface area (Å²) >= 11 is 1.49. The lowest BCUT2D eigenvalue weighted by atomic mass is 9.62. The van der Waals surface area contributed by atoms with Crippen LogP contribution < -0.4 is 5.32 Å². The van der Waals surface area contributed by atoms with Gasteiger partial charge in [0.2, 0.25) is 0 Å². The van der Waals surface area contributed by atoms with E-state index in [1.165, 1.54) is 11.3 Å². The van der Waals surface area contributed by atoms with Crippen LogP contribution in [0.4, 0.5) is 4.79 Å². The monoisotopic (exact) mass is 668 g/mol. The van der Waals surface area contributed by atoms with E-state index in [9.17, 15) is 14.4 Å². The molecule has 0 aromatic carbocycles. The third-order valence-electron chi connectivity index (χ3n) is 9.95. The molecular weight excluding hydrogens is 619 g/mol. The summed E-state index contributed by atoms with van der Waals surface area (Å²) in [5.41, 5.74) is -1.25. The van der Waals surface area contributed by atoms with Crippen molar-refractivity contribution in [2.45, 2.75) is 109 Å². The summed E-state index contributed by atoms with van der Waals surface area (Å²) in [6, 6.07) is -0.704. The number of amides is 1. The maximum absolute atomic E-state index is 13.6. The molecule has 1 amide bonds. The number of thiazole rings is 1. The minimum absolute atomic E-state index is 0.214. The number of Topliss-reactive ketones (excluding diaryl/α,β-unsaturated/α-hetero) is 1. The van der Waals surface area contributed by atoms with Gasteiger partial charge in [0.05, 0.1) is 32.2 Å². The van der Waals surface area contributed by atoms with Crippen molar-refractivity contribution < 1.29 is 28.6 Å². The summed E-state index contributed by atoms with van der Waals surface area (Å²) in [5, 5.41) is 14.7. The van der Waals surface area contributed by atoms with Crippen molar-refractivity contribution in [3.05, 3.63) is 29.9 Å². The van der Waals surface area contributed by atoms with Crippen molar-refractivity contribution in [3.63, 3.8) is 0 Å². The van der Waals surface area contributed by atoms with Gasteiger partial charge >= 0.3 is 12.1 Å². The van der Waals surface area contributed by atoms with Crippen LogP contribution in [-0.2, 0) is 30.3 Å². The highest BCUT2D eigenvalue weighted by molar-refractivity contribution is 7.13. The Morgan fingerprint density at radius 3 is 2.55 bits per heavy atom. The maximum atomic E-state index is 13.6.